The van der Waals surface area contributed by atoms with Gasteiger partial charge in [-0.15, -0.1) is 0 Å². The lowest BCUT2D eigenvalue weighted by molar-refractivity contribution is -0.0753. The number of phenols is 4. The first-order valence-electron chi connectivity index (χ1n) is 11.5. The monoisotopic (exact) mass is 542 g/mol. The lowest BCUT2D eigenvalue weighted by Gasteiger charge is -2.36. The molecule has 1 aromatic heterocycles. The first-order chi connectivity index (χ1) is 18.4. The molecule has 0 saturated heterocycles. The SMILES string of the molecule is COC1=CC(=O)c2c(O)c3c(c(O)c2C1=O)OC([C@@H](O)[C@H](O)c1cc2cc(C)oc(=O)c2c(O)c1O)CC3O. The van der Waals surface area contributed by atoms with Crippen LogP contribution in [-0.4, -0.2) is 66.6 Å². The Morgan fingerprint density at radius 1 is 0.974 bits per heavy atom. The van der Waals surface area contributed by atoms with Crippen LogP contribution >= 0.6 is 0 Å². The van der Waals surface area contributed by atoms with Crippen LogP contribution in [-0.2, 0) is 4.74 Å². The molecule has 2 aliphatic rings. The first-order valence-corrected chi connectivity index (χ1v) is 11.5. The summed E-state index contributed by atoms with van der Waals surface area (Å²) in [5.41, 5.74) is -2.93. The van der Waals surface area contributed by atoms with E-state index < -0.39 is 105 Å². The number of aryl methyl sites for hydroxylation is 1. The molecule has 4 atom stereocenters. The minimum atomic E-state index is -1.97. The van der Waals surface area contributed by atoms with Gasteiger partial charge in [-0.2, -0.15) is 0 Å². The van der Waals surface area contributed by atoms with Crippen molar-refractivity contribution in [3.05, 3.63) is 62.4 Å². The molecular formula is C26H22O13. The van der Waals surface area contributed by atoms with E-state index in [1.54, 1.807) is 0 Å². The van der Waals surface area contributed by atoms with Crippen molar-refractivity contribution < 1.29 is 59.2 Å². The number of allylic oxidation sites excluding steroid dienone is 2. The van der Waals surface area contributed by atoms with E-state index >= 15 is 0 Å². The van der Waals surface area contributed by atoms with Gasteiger partial charge in [0.2, 0.25) is 5.78 Å². The quantitative estimate of drug-likeness (QED) is 0.181. The van der Waals surface area contributed by atoms with Gasteiger partial charge in [0.05, 0.1) is 29.9 Å². The summed E-state index contributed by atoms with van der Waals surface area (Å²) in [7, 11) is 1.12. The van der Waals surface area contributed by atoms with Gasteiger partial charge in [0.25, 0.3) is 0 Å². The van der Waals surface area contributed by atoms with E-state index in [2.05, 4.69) is 0 Å². The third-order valence-corrected chi connectivity index (χ3v) is 6.85. The lowest BCUT2D eigenvalue weighted by atomic mass is 9.84. The molecule has 0 radical (unpaired) electrons. The number of methoxy groups -OCH3 is 1. The minimum Gasteiger partial charge on any atom is -0.507 e. The van der Waals surface area contributed by atoms with Gasteiger partial charge < -0.3 is 49.6 Å². The number of aromatic hydroxyl groups is 4. The first kappa shape index (κ1) is 26.0. The minimum absolute atomic E-state index is 0.0922. The Kier molecular flexibility index (Phi) is 6.01. The summed E-state index contributed by atoms with van der Waals surface area (Å²) in [6.45, 7) is 1.47. The summed E-state index contributed by atoms with van der Waals surface area (Å²) >= 11 is 0. The largest absolute Gasteiger partial charge is 0.507 e. The third-order valence-electron chi connectivity index (χ3n) is 6.85. The van der Waals surface area contributed by atoms with E-state index in [-0.39, 0.29) is 16.5 Å². The van der Waals surface area contributed by atoms with E-state index in [1.807, 2.05) is 0 Å². The summed E-state index contributed by atoms with van der Waals surface area (Å²) in [5, 5.41) is 74.9. The van der Waals surface area contributed by atoms with Gasteiger partial charge in [0.1, 0.15) is 35.2 Å². The van der Waals surface area contributed by atoms with Crippen LogP contribution in [0.1, 0.15) is 56.2 Å². The Bertz CT molecular complexity index is 1670. The fraction of sp³-hybridized carbons (Fsp3) is 0.269. The van der Waals surface area contributed by atoms with Gasteiger partial charge in [-0.3, -0.25) is 9.59 Å². The number of hydrogen-bond acceptors (Lipinski definition) is 13. The maximum atomic E-state index is 12.8. The molecule has 39 heavy (non-hydrogen) atoms. The Balaban J connectivity index is 1.56. The number of carbonyl (C=O) groups excluding carboxylic acids is 2. The van der Waals surface area contributed by atoms with Crippen LogP contribution < -0.4 is 10.4 Å². The van der Waals surface area contributed by atoms with Crippen LogP contribution in [0.5, 0.6) is 28.7 Å². The standard InChI is InChI=1S/C26H22O13/c1-7-3-8-4-9(19(30)23(34)14(8)26(36)38-7)18(29)21(32)13-6-11(28)16-22(33)15-10(27)5-12(37-2)20(31)17(15)24(35)25(16)39-13/h3-5,11,13,18,21,28-30,32-35H,6H2,1-2H3/t11?,13?,18-,21-/m1/s1. The molecule has 0 spiro atoms. The molecule has 0 fully saturated rings. The Hall–Kier alpha value is -4.59. The van der Waals surface area contributed by atoms with Crippen molar-refractivity contribution in [1.29, 1.82) is 0 Å². The van der Waals surface area contributed by atoms with Gasteiger partial charge in [-0.1, -0.05) is 0 Å². The van der Waals surface area contributed by atoms with E-state index in [0.717, 1.165) is 19.3 Å². The van der Waals surface area contributed by atoms with Crippen molar-refractivity contribution in [3.63, 3.8) is 0 Å². The normalized spacial score (nSPS) is 20.1. The second kappa shape index (κ2) is 9.01. The number of carbonyl (C=O) groups is 2. The van der Waals surface area contributed by atoms with Gasteiger partial charge in [0.15, 0.2) is 34.5 Å². The van der Waals surface area contributed by atoms with Crippen molar-refractivity contribution in [2.75, 3.05) is 7.11 Å². The van der Waals surface area contributed by atoms with Crippen LogP contribution in [0.15, 0.2) is 33.2 Å². The fourth-order valence-electron chi connectivity index (χ4n) is 4.97. The fourth-order valence-corrected chi connectivity index (χ4v) is 4.97. The van der Waals surface area contributed by atoms with Crippen molar-refractivity contribution in [3.8, 4) is 28.7 Å². The highest BCUT2D eigenvalue weighted by Crippen LogP contribution is 2.52. The highest BCUT2D eigenvalue weighted by atomic mass is 16.5. The summed E-state index contributed by atoms with van der Waals surface area (Å²) in [5.74, 6) is -6.19. The number of aliphatic hydroxyl groups excluding tert-OH is 3. The number of phenolic OH excluding ortho intramolecular Hbond substituents is 4. The van der Waals surface area contributed by atoms with Gasteiger partial charge in [-0.25, -0.2) is 4.79 Å². The Labute approximate surface area is 218 Å². The predicted molar refractivity (Wildman–Crippen MR) is 129 cm³/mol. The van der Waals surface area contributed by atoms with Crippen LogP contribution in [0.3, 0.4) is 0 Å². The van der Waals surface area contributed by atoms with Gasteiger partial charge >= 0.3 is 5.63 Å². The molecule has 5 rings (SSSR count). The van der Waals surface area contributed by atoms with Crippen LogP contribution in [0.25, 0.3) is 10.8 Å². The topological polar surface area (TPSA) is 224 Å². The average molecular weight is 542 g/mol. The lowest BCUT2D eigenvalue weighted by Crippen LogP contribution is -2.40. The number of aliphatic hydroxyl groups is 3. The summed E-state index contributed by atoms with van der Waals surface area (Å²) in [6, 6.07) is 2.51. The van der Waals surface area contributed by atoms with E-state index in [1.165, 1.54) is 13.0 Å². The number of fused-ring (bicyclic) bond motifs is 3. The van der Waals surface area contributed by atoms with E-state index in [4.69, 9.17) is 13.9 Å². The maximum Gasteiger partial charge on any atom is 0.347 e. The average Bonchev–Trinajstić information content (AvgIpc) is 2.88. The van der Waals surface area contributed by atoms with E-state index in [9.17, 15) is 50.1 Å². The number of rotatable bonds is 4. The third kappa shape index (κ3) is 3.78. The Morgan fingerprint density at radius 2 is 1.67 bits per heavy atom. The Morgan fingerprint density at radius 3 is 2.33 bits per heavy atom. The number of hydrogen-bond donors (Lipinski definition) is 7. The predicted octanol–water partition coefficient (Wildman–Crippen LogP) is 1.11. The number of ether oxygens (including phenoxy) is 2. The zero-order chi connectivity index (χ0) is 28.5. The molecule has 1 aliphatic carbocycles. The molecule has 204 valence electrons. The highest BCUT2D eigenvalue weighted by molar-refractivity contribution is 6.26. The van der Waals surface area contributed by atoms with Crippen LogP contribution in [0, 0.1) is 6.92 Å². The van der Waals surface area contributed by atoms with Gasteiger partial charge in [-0.05, 0) is 24.4 Å². The molecule has 7 N–H and O–H groups in total. The molecule has 13 nitrogen and oxygen atoms in total. The van der Waals surface area contributed by atoms with Crippen LogP contribution in [0.4, 0.5) is 0 Å². The molecular weight excluding hydrogens is 520 g/mol. The van der Waals surface area contributed by atoms with Crippen LogP contribution in [0.2, 0.25) is 0 Å². The molecule has 13 heteroatoms. The molecule has 2 heterocycles. The highest BCUT2D eigenvalue weighted by Gasteiger charge is 2.44. The van der Waals surface area contributed by atoms with E-state index in [0.29, 0.717) is 0 Å². The molecule has 2 unspecified atom stereocenters. The maximum absolute atomic E-state index is 12.8. The molecule has 0 bridgehead atoms. The molecule has 3 aromatic rings. The molecule has 0 saturated carbocycles. The van der Waals surface area contributed by atoms with Crippen molar-refractivity contribution in [2.45, 2.75) is 37.8 Å². The summed E-state index contributed by atoms with van der Waals surface area (Å²) in [6.07, 6.45) is -6.68. The summed E-state index contributed by atoms with van der Waals surface area (Å²) in [4.78, 5) is 37.4. The summed E-state index contributed by atoms with van der Waals surface area (Å²) < 4.78 is 15.4. The second-order valence-corrected chi connectivity index (χ2v) is 9.21. The zero-order valence-corrected chi connectivity index (χ0v) is 20.3. The zero-order valence-electron chi connectivity index (χ0n) is 20.3. The number of benzene rings is 2. The second-order valence-electron chi connectivity index (χ2n) is 9.21. The van der Waals surface area contributed by atoms with Crippen molar-refractivity contribution in [2.24, 2.45) is 0 Å². The number of Topliss-reactive ketones (excluding diaryl/α,β-unsaturated/α-hetero) is 1. The molecule has 1 aliphatic heterocycles. The van der Waals surface area contributed by atoms with Crippen molar-refractivity contribution in [1.82, 2.24) is 0 Å². The van der Waals surface area contributed by atoms with Crippen molar-refractivity contribution >= 4 is 22.3 Å². The smallest absolute Gasteiger partial charge is 0.347 e. The molecule has 0 amide bonds. The molecule has 2 aromatic carbocycles. The van der Waals surface area contributed by atoms with Gasteiger partial charge in [0, 0.05) is 18.1 Å². The number of ketones is 2.